The van der Waals surface area contributed by atoms with E-state index in [1.165, 1.54) is 0 Å². The van der Waals surface area contributed by atoms with E-state index in [2.05, 4.69) is 11.5 Å². The van der Waals surface area contributed by atoms with Crippen LogP contribution in [0.4, 0.5) is 0 Å². The Bertz CT molecular complexity index is 182. The van der Waals surface area contributed by atoms with Gasteiger partial charge < -0.3 is 0 Å². The first-order chi connectivity index (χ1) is 4.83. The zero-order valence-corrected chi connectivity index (χ0v) is 5.66. The highest BCUT2D eigenvalue weighted by atomic mass is 17.1. The van der Waals surface area contributed by atoms with Crippen LogP contribution in [0.2, 0.25) is 0 Å². The summed E-state index contributed by atoms with van der Waals surface area (Å²) in [6, 6.07) is 0. The van der Waals surface area contributed by atoms with Crippen LogP contribution < -0.4 is 0 Å². The van der Waals surface area contributed by atoms with E-state index >= 15 is 0 Å². The Labute approximate surface area is 60.1 Å². The molecule has 0 aromatic rings. The Hall–Kier alpha value is -0.860. The smallest absolute Gasteiger partial charge is 0.143 e. The molecule has 1 N–H and O–H groups in total. The summed E-state index contributed by atoms with van der Waals surface area (Å²) < 4.78 is 0. The molecule has 0 saturated carbocycles. The molecule has 0 aromatic carbocycles. The first-order valence-corrected chi connectivity index (χ1v) is 3.13. The molecular weight excluding hydrogens is 128 g/mol. The van der Waals surface area contributed by atoms with Crippen LogP contribution in [0, 0.1) is 0 Å². The lowest BCUT2D eigenvalue weighted by Gasteiger charge is -2.22. The Morgan fingerprint density at radius 1 is 1.60 bits per heavy atom. The normalized spacial score (nSPS) is 30.5. The van der Waals surface area contributed by atoms with Gasteiger partial charge in [0, 0.05) is 6.42 Å². The summed E-state index contributed by atoms with van der Waals surface area (Å²) in [6.07, 6.45) is 9.62. The van der Waals surface area contributed by atoms with Gasteiger partial charge in [0.15, 0.2) is 0 Å². The molecular formula is C8H10O2. The van der Waals surface area contributed by atoms with Crippen molar-refractivity contribution in [3.05, 3.63) is 37.0 Å². The van der Waals surface area contributed by atoms with Gasteiger partial charge in [-0.3, -0.25) is 5.26 Å². The highest BCUT2D eigenvalue weighted by Gasteiger charge is 2.23. The molecule has 54 valence electrons. The molecule has 1 rings (SSSR count). The van der Waals surface area contributed by atoms with Crippen molar-refractivity contribution in [1.82, 2.24) is 0 Å². The van der Waals surface area contributed by atoms with E-state index in [1.807, 2.05) is 18.2 Å². The van der Waals surface area contributed by atoms with Gasteiger partial charge in [-0.1, -0.05) is 30.9 Å². The summed E-state index contributed by atoms with van der Waals surface area (Å²) in [7, 11) is 0. The fourth-order valence-electron chi connectivity index (χ4n) is 0.874. The molecule has 0 bridgehead atoms. The van der Waals surface area contributed by atoms with Crippen LogP contribution in [-0.4, -0.2) is 10.9 Å². The molecule has 1 atom stereocenters. The van der Waals surface area contributed by atoms with Crippen LogP contribution in [0.3, 0.4) is 0 Å². The van der Waals surface area contributed by atoms with Crippen LogP contribution in [-0.2, 0) is 4.89 Å². The molecule has 0 aromatic heterocycles. The van der Waals surface area contributed by atoms with Crippen molar-refractivity contribution < 1.29 is 10.1 Å². The monoisotopic (exact) mass is 138 g/mol. The molecule has 2 heteroatoms. The van der Waals surface area contributed by atoms with Gasteiger partial charge in [-0.15, -0.1) is 0 Å². The minimum atomic E-state index is -0.686. The van der Waals surface area contributed by atoms with Crippen LogP contribution in [0.1, 0.15) is 6.42 Å². The highest BCUT2D eigenvalue weighted by molar-refractivity contribution is 5.23. The lowest BCUT2D eigenvalue weighted by atomic mass is 9.96. The van der Waals surface area contributed by atoms with E-state index in [0.717, 1.165) is 0 Å². The molecule has 2 nitrogen and oxygen atoms in total. The highest BCUT2D eigenvalue weighted by Crippen LogP contribution is 2.21. The van der Waals surface area contributed by atoms with Crippen molar-refractivity contribution in [2.45, 2.75) is 12.0 Å². The van der Waals surface area contributed by atoms with E-state index in [0.29, 0.717) is 6.42 Å². The first-order valence-electron chi connectivity index (χ1n) is 3.13. The minimum absolute atomic E-state index is 0.642. The molecule has 10 heavy (non-hydrogen) atoms. The third kappa shape index (κ3) is 1.17. The Balaban J connectivity index is 2.75. The quantitative estimate of drug-likeness (QED) is 0.359. The van der Waals surface area contributed by atoms with Crippen molar-refractivity contribution in [2.24, 2.45) is 0 Å². The summed E-state index contributed by atoms with van der Waals surface area (Å²) in [5, 5.41) is 8.49. The first kappa shape index (κ1) is 7.25. The lowest BCUT2D eigenvalue weighted by Crippen LogP contribution is -2.26. The topological polar surface area (TPSA) is 29.5 Å². The zero-order chi connectivity index (χ0) is 7.45. The molecule has 0 spiro atoms. The van der Waals surface area contributed by atoms with Gasteiger partial charge in [0.1, 0.15) is 5.60 Å². The maximum absolute atomic E-state index is 8.49. The molecule has 1 aliphatic rings. The molecule has 0 amide bonds. The summed E-state index contributed by atoms with van der Waals surface area (Å²) in [5.74, 6) is 0. The summed E-state index contributed by atoms with van der Waals surface area (Å²) in [6.45, 7) is 3.56. The van der Waals surface area contributed by atoms with Gasteiger partial charge in [0.05, 0.1) is 0 Å². The van der Waals surface area contributed by atoms with Crippen molar-refractivity contribution in [2.75, 3.05) is 0 Å². The predicted octanol–water partition coefficient (Wildman–Crippen LogP) is 1.92. The molecule has 0 fully saturated rings. The van der Waals surface area contributed by atoms with E-state index in [9.17, 15) is 0 Å². The SMILES string of the molecule is C=CC1(OO)C=CC=CC1. The van der Waals surface area contributed by atoms with Gasteiger partial charge in [-0.2, -0.15) is 0 Å². The number of allylic oxidation sites excluding steroid dienone is 2. The minimum Gasteiger partial charge on any atom is -0.251 e. The Morgan fingerprint density at radius 3 is 2.70 bits per heavy atom. The predicted molar refractivity (Wildman–Crippen MR) is 39.5 cm³/mol. The fraction of sp³-hybridized carbons (Fsp3) is 0.250. The standard InChI is InChI=1S/C8H10O2/c1-2-8(10-9)6-4-3-5-7-8/h2-6,9H,1,7H2. The maximum Gasteiger partial charge on any atom is 0.143 e. The fourth-order valence-corrected chi connectivity index (χ4v) is 0.874. The average Bonchev–Trinajstić information content (AvgIpc) is 2.06. The van der Waals surface area contributed by atoms with E-state index in [4.69, 9.17) is 5.26 Å². The zero-order valence-electron chi connectivity index (χ0n) is 5.66. The van der Waals surface area contributed by atoms with E-state index < -0.39 is 5.60 Å². The average molecular weight is 138 g/mol. The van der Waals surface area contributed by atoms with Gasteiger partial charge in [0.2, 0.25) is 0 Å². The molecule has 0 heterocycles. The van der Waals surface area contributed by atoms with Crippen LogP contribution >= 0.6 is 0 Å². The van der Waals surface area contributed by atoms with Gasteiger partial charge in [0.25, 0.3) is 0 Å². The Morgan fingerprint density at radius 2 is 2.40 bits per heavy atom. The summed E-state index contributed by atoms with van der Waals surface area (Å²) in [4.78, 5) is 4.27. The second-order valence-electron chi connectivity index (χ2n) is 2.24. The Kier molecular flexibility index (Phi) is 2.04. The molecule has 1 aliphatic carbocycles. The molecule has 1 unspecified atom stereocenters. The van der Waals surface area contributed by atoms with Gasteiger partial charge >= 0.3 is 0 Å². The second-order valence-corrected chi connectivity index (χ2v) is 2.24. The third-order valence-electron chi connectivity index (χ3n) is 1.58. The number of hydrogen-bond donors (Lipinski definition) is 1. The van der Waals surface area contributed by atoms with Crippen molar-refractivity contribution in [3.8, 4) is 0 Å². The molecule has 0 aliphatic heterocycles. The van der Waals surface area contributed by atoms with Crippen molar-refractivity contribution in [1.29, 1.82) is 0 Å². The second kappa shape index (κ2) is 2.82. The third-order valence-corrected chi connectivity index (χ3v) is 1.58. The van der Waals surface area contributed by atoms with E-state index in [-0.39, 0.29) is 0 Å². The van der Waals surface area contributed by atoms with Crippen molar-refractivity contribution in [3.63, 3.8) is 0 Å². The van der Waals surface area contributed by atoms with E-state index in [1.54, 1.807) is 12.2 Å². The summed E-state index contributed by atoms with van der Waals surface area (Å²) in [5.41, 5.74) is -0.686. The van der Waals surface area contributed by atoms with Crippen molar-refractivity contribution >= 4 is 0 Å². The van der Waals surface area contributed by atoms with Crippen LogP contribution in [0.15, 0.2) is 37.0 Å². The van der Waals surface area contributed by atoms with Gasteiger partial charge in [-0.25, -0.2) is 4.89 Å². The largest absolute Gasteiger partial charge is 0.251 e. The molecule has 0 saturated heterocycles. The lowest BCUT2D eigenvalue weighted by molar-refractivity contribution is -0.292. The number of hydrogen-bond acceptors (Lipinski definition) is 2. The van der Waals surface area contributed by atoms with Gasteiger partial charge in [-0.05, 0) is 6.08 Å². The van der Waals surface area contributed by atoms with Crippen LogP contribution in [0.5, 0.6) is 0 Å². The number of rotatable bonds is 2. The summed E-state index contributed by atoms with van der Waals surface area (Å²) >= 11 is 0. The molecule has 0 radical (unpaired) electrons. The van der Waals surface area contributed by atoms with Crippen LogP contribution in [0.25, 0.3) is 0 Å². The maximum atomic E-state index is 8.49.